The molecule has 2 heterocycles. The third kappa shape index (κ3) is 3.89. The van der Waals surface area contributed by atoms with Crippen molar-refractivity contribution in [2.24, 2.45) is 0 Å². The topological polar surface area (TPSA) is 9.23 Å². The molecule has 0 amide bonds. The average Bonchev–Trinajstić information content (AvgIpc) is 3.40. The molecule has 2 aliphatic rings. The van der Waals surface area contributed by atoms with E-state index in [-0.39, 0.29) is 0 Å². The summed E-state index contributed by atoms with van der Waals surface area (Å²) in [6.07, 6.45) is 6.37. The van der Waals surface area contributed by atoms with Gasteiger partial charge in [-0.25, -0.2) is 0 Å². The molecule has 2 aliphatic heterocycles. The standard InChI is InChI=1S/C27H32OP2/c1-30(28-29-21-11-18-25(29)22-12-5-2-6-13-22)26(23-14-7-3-8-15-23)19-20-27(30)24-16-9-4-10-17-24/h2-10,12-17,25-27,30H,11,18-21H2,1H3/t25-,26-,27-,29?/m0/s1. The second-order valence-corrected chi connectivity index (χ2v) is 15.4. The van der Waals surface area contributed by atoms with Crippen molar-refractivity contribution in [1.29, 1.82) is 0 Å². The molecular formula is C27H32OP2. The fourth-order valence-electron chi connectivity index (χ4n) is 5.75. The van der Waals surface area contributed by atoms with Gasteiger partial charge in [0, 0.05) is 0 Å². The predicted octanol–water partition coefficient (Wildman–Crippen LogP) is 8.51. The van der Waals surface area contributed by atoms with Gasteiger partial charge in [0.05, 0.1) is 0 Å². The van der Waals surface area contributed by atoms with E-state index in [0.717, 1.165) is 0 Å². The van der Waals surface area contributed by atoms with Gasteiger partial charge in [0.25, 0.3) is 0 Å². The van der Waals surface area contributed by atoms with Gasteiger partial charge in [-0.2, -0.15) is 0 Å². The Labute approximate surface area is 183 Å². The Morgan fingerprint density at radius 3 is 1.63 bits per heavy atom. The molecule has 2 fully saturated rings. The molecule has 5 rings (SSSR count). The van der Waals surface area contributed by atoms with Crippen molar-refractivity contribution in [3.8, 4) is 0 Å². The zero-order valence-electron chi connectivity index (χ0n) is 17.8. The van der Waals surface area contributed by atoms with E-state index in [4.69, 9.17) is 4.31 Å². The monoisotopic (exact) mass is 434 g/mol. The zero-order valence-corrected chi connectivity index (χ0v) is 19.7. The molecule has 3 aromatic rings. The Bertz CT molecular complexity index is 897. The Morgan fingerprint density at radius 2 is 1.13 bits per heavy atom. The van der Waals surface area contributed by atoms with E-state index in [1.54, 1.807) is 0 Å². The van der Waals surface area contributed by atoms with Gasteiger partial charge in [-0.1, -0.05) is 0 Å². The first-order chi connectivity index (χ1) is 14.8. The Morgan fingerprint density at radius 1 is 0.667 bits per heavy atom. The maximum absolute atomic E-state index is 7.46. The molecule has 1 nitrogen and oxygen atoms in total. The number of hydrogen-bond acceptors (Lipinski definition) is 1. The molecule has 0 N–H and O–H groups in total. The molecule has 0 aromatic heterocycles. The van der Waals surface area contributed by atoms with E-state index in [1.165, 1.54) is 48.5 Å². The van der Waals surface area contributed by atoms with Crippen molar-refractivity contribution in [2.75, 3.05) is 12.8 Å². The van der Waals surface area contributed by atoms with Crippen LogP contribution < -0.4 is 0 Å². The summed E-state index contributed by atoms with van der Waals surface area (Å²) >= 11 is 0. The maximum atomic E-state index is 7.46. The van der Waals surface area contributed by atoms with Crippen molar-refractivity contribution < 1.29 is 4.31 Å². The summed E-state index contributed by atoms with van der Waals surface area (Å²) in [4.78, 5) is 0. The van der Waals surface area contributed by atoms with E-state index < -0.39 is 15.6 Å². The molecule has 156 valence electrons. The normalized spacial score (nSPS) is 29.0. The molecule has 3 heteroatoms. The number of benzene rings is 3. The van der Waals surface area contributed by atoms with Crippen LogP contribution in [-0.2, 0) is 4.31 Å². The van der Waals surface area contributed by atoms with Gasteiger partial charge in [-0.15, -0.1) is 0 Å². The van der Waals surface area contributed by atoms with Gasteiger partial charge >= 0.3 is 183 Å². The fourth-order valence-corrected chi connectivity index (χ4v) is 15.1. The molecule has 3 aromatic carbocycles. The molecule has 2 saturated heterocycles. The minimum atomic E-state index is -2.04. The van der Waals surface area contributed by atoms with Gasteiger partial charge in [-0.3, -0.25) is 0 Å². The van der Waals surface area contributed by atoms with Gasteiger partial charge in [-0.05, 0) is 0 Å². The first-order valence-corrected chi connectivity index (χ1v) is 15.4. The summed E-state index contributed by atoms with van der Waals surface area (Å²) in [5.41, 5.74) is 6.26. The van der Waals surface area contributed by atoms with Gasteiger partial charge in [0.15, 0.2) is 0 Å². The minimum absolute atomic E-state index is 0.417. The van der Waals surface area contributed by atoms with Crippen LogP contribution in [0.3, 0.4) is 0 Å². The van der Waals surface area contributed by atoms with E-state index in [9.17, 15) is 0 Å². The summed E-state index contributed by atoms with van der Waals surface area (Å²) < 4.78 is 7.46. The molecule has 0 spiro atoms. The molecule has 30 heavy (non-hydrogen) atoms. The number of rotatable bonds is 5. The first kappa shape index (κ1) is 20.4. The third-order valence-electron chi connectivity index (χ3n) is 7.23. The van der Waals surface area contributed by atoms with Gasteiger partial charge < -0.3 is 0 Å². The second-order valence-electron chi connectivity index (χ2n) is 8.99. The number of hydrogen-bond donors (Lipinski definition) is 0. The van der Waals surface area contributed by atoms with E-state index >= 15 is 0 Å². The summed E-state index contributed by atoms with van der Waals surface area (Å²) in [6, 6.07) is 33.6. The second kappa shape index (κ2) is 8.92. The van der Waals surface area contributed by atoms with Crippen molar-refractivity contribution in [1.82, 2.24) is 0 Å². The van der Waals surface area contributed by atoms with Crippen LogP contribution in [0.1, 0.15) is 59.4 Å². The Balaban J connectivity index is 1.50. The van der Waals surface area contributed by atoms with Crippen LogP contribution in [0.4, 0.5) is 0 Å². The molecule has 1 unspecified atom stereocenters. The molecule has 0 bridgehead atoms. The molecule has 0 saturated carbocycles. The average molecular weight is 435 g/mol. The van der Waals surface area contributed by atoms with Crippen LogP contribution in [-0.4, -0.2) is 12.8 Å². The van der Waals surface area contributed by atoms with Crippen LogP contribution in [0.2, 0.25) is 0 Å². The van der Waals surface area contributed by atoms with Crippen molar-refractivity contribution in [3.63, 3.8) is 0 Å². The van der Waals surface area contributed by atoms with Crippen LogP contribution >= 0.6 is 15.6 Å². The van der Waals surface area contributed by atoms with E-state index in [0.29, 0.717) is 17.0 Å². The fraction of sp³-hybridized carbons (Fsp3) is 0.333. The van der Waals surface area contributed by atoms with Crippen molar-refractivity contribution in [3.05, 3.63) is 108 Å². The molecule has 0 aliphatic carbocycles. The summed E-state index contributed by atoms with van der Waals surface area (Å²) in [5, 5.41) is 0. The van der Waals surface area contributed by atoms with Gasteiger partial charge in [0.2, 0.25) is 0 Å². The van der Waals surface area contributed by atoms with Crippen molar-refractivity contribution >= 4 is 15.6 Å². The molecule has 4 atom stereocenters. The van der Waals surface area contributed by atoms with Crippen LogP contribution in [0.25, 0.3) is 0 Å². The van der Waals surface area contributed by atoms with Crippen LogP contribution in [0, 0.1) is 0 Å². The molecular weight excluding hydrogens is 402 g/mol. The first-order valence-electron chi connectivity index (χ1n) is 11.4. The molecule has 0 radical (unpaired) electrons. The predicted molar refractivity (Wildman–Crippen MR) is 133 cm³/mol. The zero-order chi connectivity index (χ0) is 20.4. The summed E-state index contributed by atoms with van der Waals surface area (Å²) in [6.45, 7) is 2.55. The SMILES string of the molecule is C[PH]1(OP2CCC[C@H]2c2ccccc2)[C@H](c2ccccc2)CC[C@H]1c1ccccc1. The van der Waals surface area contributed by atoms with Gasteiger partial charge in [0.1, 0.15) is 0 Å². The van der Waals surface area contributed by atoms with E-state index in [2.05, 4.69) is 97.7 Å². The third-order valence-corrected chi connectivity index (χ3v) is 15.8. The van der Waals surface area contributed by atoms with Crippen LogP contribution in [0.15, 0.2) is 91.0 Å². The van der Waals surface area contributed by atoms with Crippen molar-refractivity contribution in [2.45, 2.75) is 42.7 Å². The quantitative estimate of drug-likeness (QED) is 0.366. The Hall–Kier alpha value is -1.52. The summed E-state index contributed by atoms with van der Waals surface area (Å²) in [5.74, 6) is 0. The summed E-state index contributed by atoms with van der Waals surface area (Å²) in [7, 11) is -2.45. The van der Waals surface area contributed by atoms with E-state index in [1.807, 2.05) is 0 Å². The Kier molecular flexibility index (Phi) is 6.06. The van der Waals surface area contributed by atoms with Crippen LogP contribution in [0.5, 0.6) is 0 Å².